The van der Waals surface area contributed by atoms with Crippen LogP contribution in [0.1, 0.15) is 12.8 Å². The van der Waals surface area contributed by atoms with Gasteiger partial charge in [0.05, 0.1) is 17.8 Å². The molecule has 110 valence electrons. The van der Waals surface area contributed by atoms with Crippen LogP contribution in [0.25, 0.3) is 0 Å². The first-order valence-corrected chi connectivity index (χ1v) is 6.67. The van der Waals surface area contributed by atoms with Crippen LogP contribution in [0.3, 0.4) is 0 Å². The summed E-state index contributed by atoms with van der Waals surface area (Å²) in [4.78, 5) is 25.6. The predicted octanol–water partition coefficient (Wildman–Crippen LogP) is -0.0743. The normalized spacial score (nSPS) is 18.6. The Labute approximate surface area is 117 Å². The molecule has 0 spiro atoms. The molecule has 0 aromatic carbocycles. The third-order valence-corrected chi connectivity index (χ3v) is 3.32. The Kier molecular flexibility index (Phi) is 4.73. The summed E-state index contributed by atoms with van der Waals surface area (Å²) in [6, 6.07) is 0. The Balaban J connectivity index is 1.87. The number of rotatable bonds is 6. The summed E-state index contributed by atoms with van der Waals surface area (Å²) in [5, 5.41) is 6.88. The topological polar surface area (TPSA) is 76.5 Å². The molecule has 7 nitrogen and oxygen atoms in total. The molecule has 2 amide bonds. The van der Waals surface area contributed by atoms with Crippen molar-refractivity contribution in [3.63, 3.8) is 0 Å². The number of anilines is 1. The summed E-state index contributed by atoms with van der Waals surface area (Å²) >= 11 is 0. The molecule has 0 unspecified atom stereocenters. The van der Waals surface area contributed by atoms with Gasteiger partial charge in [-0.25, -0.2) is 0 Å². The molecule has 20 heavy (non-hydrogen) atoms. The summed E-state index contributed by atoms with van der Waals surface area (Å²) in [5.74, 6) is -0.388. The van der Waals surface area contributed by atoms with Gasteiger partial charge in [0.25, 0.3) is 0 Å². The molecule has 2 rings (SSSR count). The third kappa shape index (κ3) is 3.36. The number of hydrogen-bond donors (Lipinski definition) is 1. The van der Waals surface area contributed by atoms with Crippen LogP contribution in [-0.4, -0.2) is 48.4 Å². The lowest BCUT2D eigenvalue weighted by Crippen LogP contribution is -2.33. The van der Waals surface area contributed by atoms with Crippen LogP contribution in [0.2, 0.25) is 0 Å². The van der Waals surface area contributed by atoms with E-state index in [9.17, 15) is 9.59 Å². The second-order valence-electron chi connectivity index (χ2n) is 4.91. The second-order valence-corrected chi connectivity index (χ2v) is 4.91. The number of aromatic nitrogens is 2. The van der Waals surface area contributed by atoms with Crippen molar-refractivity contribution in [3.05, 3.63) is 12.4 Å². The van der Waals surface area contributed by atoms with E-state index in [4.69, 9.17) is 4.74 Å². The molecule has 0 aliphatic carbocycles. The SMILES string of the molecule is COCCCNC(=O)[C@@H]1CC(=O)N(c2cnn(C)c2)C1. The largest absolute Gasteiger partial charge is 0.385 e. The molecular formula is C13H20N4O3. The highest BCUT2D eigenvalue weighted by atomic mass is 16.5. The second kappa shape index (κ2) is 6.51. The van der Waals surface area contributed by atoms with Gasteiger partial charge in [-0.1, -0.05) is 0 Å². The molecule has 1 aliphatic rings. The smallest absolute Gasteiger partial charge is 0.227 e. The van der Waals surface area contributed by atoms with Crippen molar-refractivity contribution in [2.45, 2.75) is 12.8 Å². The van der Waals surface area contributed by atoms with Crippen LogP contribution in [0, 0.1) is 5.92 Å². The van der Waals surface area contributed by atoms with E-state index < -0.39 is 0 Å². The van der Waals surface area contributed by atoms with Crippen molar-refractivity contribution in [1.29, 1.82) is 0 Å². The molecule has 7 heteroatoms. The minimum Gasteiger partial charge on any atom is -0.385 e. The monoisotopic (exact) mass is 280 g/mol. The number of methoxy groups -OCH3 is 1. The average Bonchev–Trinajstić information content (AvgIpc) is 3.00. The van der Waals surface area contributed by atoms with Gasteiger partial charge in [-0.2, -0.15) is 5.10 Å². The Morgan fingerprint density at radius 1 is 1.60 bits per heavy atom. The van der Waals surface area contributed by atoms with Gasteiger partial charge in [-0.3, -0.25) is 14.3 Å². The molecule has 1 N–H and O–H groups in total. The Hall–Kier alpha value is -1.89. The maximum absolute atomic E-state index is 12.0. The molecular weight excluding hydrogens is 260 g/mol. The van der Waals surface area contributed by atoms with Crippen LogP contribution < -0.4 is 10.2 Å². The van der Waals surface area contributed by atoms with Gasteiger partial charge < -0.3 is 15.0 Å². The number of carbonyl (C=O) groups is 2. The molecule has 1 atom stereocenters. The molecule has 1 fully saturated rings. The Morgan fingerprint density at radius 3 is 3.05 bits per heavy atom. The van der Waals surface area contributed by atoms with E-state index >= 15 is 0 Å². The van der Waals surface area contributed by atoms with Crippen LogP contribution in [0.15, 0.2) is 12.4 Å². The molecule has 2 heterocycles. The fraction of sp³-hybridized carbons (Fsp3) is 0.615. The fourth-order valence-corrected chi connectivity index (χ4v) is 2.25. The maximum Gasteiger partial charge on any atom is 0.227 e. The first kappa shape index (κ1) is 14.5. The van der Waals surface area contributed by atoms with Crippen molar-refractivity contribution in [2.75, 3.05) is 31.7 Å². The number of hydrogen-bond acceptors (Lipinski definition) is 4. The minimum absolute atomic E-state index is 0.0324. The summed E-state index contributed by atoms with van der Waals surface area (Å²) in [5.41, 5.74) is 0.743. The predicted molar refractivity (Wildman–Crippen MR) is 73.2 cm³/mol. The van der Waals surface area contributed by atoms with Crippen LogP contribution in [-0.2, 0) is 21.4 Å². The quantitative estimate of drug-likeness (QED) is 0.740. The highest BCUT2D eigenvalue weighted by Crippen LogP contribution is 2.24. The highest BCUT2D eigenvalue weighted by Gasteiger charge is 2.35. The van der Waals surface area contributed by atoms with E-state index in [2.05, 4.69) is 10.4 Å². The van der Waals surface area contributed by atoms with E-state index in [0.717, 1.165) is 12.1 Å². The van der Waals surface area contributed by atoms with Crippen LogP contribution >= 0.6 is 0 Å². The van der Waals surface area contributed by atoms with Gasteiger partial charge in [0.15, 0.2) is 0 Å². The van der Waals surface area contributed by atoms with Crippen molar-refractivity contribution in [1.82, 2.24) is 15.1 Å². The zero-order valence-electron chi connectivity index (χ0n) is 11.8. The van der Waals surface area contributed by atoms with Crippen molar-refractivity contribution in [2.24, 2.45) is 13.0 Å². The fourth-order valence-electron chi connectivity index (χ4n) is 2.25. The molecule has 1 saturated heterocycles. The summed E-state index contributed by atoms with van der Waals surface area (Å²) in [7, 11) is 3.42. The van der Waals surface area contributed by atoms with Crippen molar-refractivity contribution < 1.29 is 14.3 Å². The Morgan fingerprint density at radius 2 is 2.40 bits per heavy atom. The van der Waals surface area contributed by atoms with Gasteiger partial charge in [-0.05, 0) is 6.42 Å². The van der Waals surface area contributed by atoms with Crippen molar-refractivity contribution >= 4 is 17.5 Å². The number of nitrogens with one attached hydrogen (secondary N) is 1. The molecule has 0 radical (unpaired) electrons. The van der Waals surface area contributed by atoms with E-state index in [1.165, 1.54) is 0 Å². The first-order valence-electron chi connectivity index (χ1n) is 6.67. The lowest BCUT2D eigenvalue weighted by Gasteiger charge is -2.14. The molecule has 0 saturated carbocycles. The van der Waals surface area contributed by atoms with Gasteiger partial charge in [0.2, 0.25) is 11.8 Å². The summed E-state index contributed by atoms with van der Waals surface area (Å²) in [6.45, 7) is 1.61. The van der Waals surface area contributed by atoms with E-state index in [1.807, 2.05) is 0 Å². The molecule has 1 aliphatic heterocycles. The summed E-state index contributed by atoms with van der Waals surface area (Å²) < 4.78 is 6.56. The third-order valence-electron chi connectivity index (χ3n) is 3.32. The zero-order valence-corrected chi connectivity index (χ0v) is 11.8. The molecule has 1 aromatic heterocycles. The Bertz CT molecular complexity index is 486. The maximum atomic E-state index is 12.0. The van der Waals surface area contributed by atoms with Gasteiger partial charge in [0, 0.05) is 46.5 Å². The number of nitrogens with zero attached hydrogens (tertiary/aromatic N) is 3. The molecule has 0 bridgehead atoms. The number of aryl methyl sites for hydroxylation is 1. The molecule has 1 aromatic rings. The lowest BCUT2D eigenvalue weighted by atomic mass is 10.1. The first-order chi connectivity index (χ1) is 9.61. The lowest BCUT2D eigenvalue weighted by molar-refractivity contribution is -0.126. The standard InChI is InChI=1S/C13H20N4O3/c1-16-9-11(7-15-16)17-8-10(6-12(17)18)13(19)14-4-3-5-20-2/h7,9-10H,3-6,8H2,1-2H3,(H,14,19)/t10-/m1/s1. The van der Waals surface area contributed by atoms with Crippen LogP contribution in [0.5, 0.6) is 0 Å². The van der Waals surface area contributed by atoms with E-state index in [1.54, 1.807) is 36.1 Å². The van der Waals surface area contributed by atoms with Crippen molar-refractivity contribution in [3.8, 4) is 0 Å². The van der Waals surface area contributed by atoms with Gasteiger partial charge >= 0.3 is 0 Å². The summed E-state index contributed by atoms with van der Waals surface area (Å²) in [6.07, 6.45) is 4.44. The minimum atomic E-state index is -0.287. The highest BCUT2D eigenvalue weighted by molar-refractivity contribution is 6.00. The van der Waals surface area contributed by atoms with Gasteiger partial charge in [-0.15, -0.1) is 0 Å². The van der Waals surface area contributed by atoms with E-state index in [-0.39, 0.29) is 24.2 Å². The zero-order chi connectivity index (χ0) is 14.5. The van der Waals surface area contributed by atoms with Gasteiger partial charge in [0.1, 0.15) is 0 Å². The number of ether oxygens (including phenoxy) is 1. The van der Waals surface area contributed by atoms with Crippen LogP contribution in [0.4, 0.5) is 5.69 Å². The average molecular weight is 280 g/mol. The van der Waals surface area contributed by atoms with E-state index in [0.29, 0.717) is 19.7 Å². The number of amides is 2. The number of carbonyl (C=O) groups excluding carboxylic acids is 2.